The maximum Gasteiger partial charge on any atom is 0.0468 e. The molecule has 0 N–H and O–H groups in total. The molecule has 2 heteroatoms. The highest BCUT2D eigenvalue weighted by molar-refractivity contribution is 6.20. The van der Waals surface area contributed by atoms with Gasteiger partial charge in [0, 0.05) is 39.5 Å². The van der Waals surface area contributed by atoms with Crippen LogP contribution in [-0.4, -0.2) is 0 Å². The predicted molar refractivity (Wildman–Crippen MR) is 329 cm³/mol. The van der Waals surface area contributed by atoms with Crippen molar-refractivity contribution in [1.29, 1.82) is 0 Å². The first kappa shape index (κ1) is 48.7. The molecule has 0 bridgehead atoms. The van der Waals surface area contributed by atoms with Crippen molar-refractivity contribution in [3.05, 3.63) is 203 Å². The Labute approximate surface area is 459 Å². The van der Waals surface area contributed by atoms with Crippen LogP contribution < -0.4 is 9.80 Å². The fourth-order valence-corrected chi connectivity index (χ4v) is 15.9. The van der Waals surface area contributed by atoms with E-state index in [9.17, 15) is 0 Å². The van der Waals surface area contributed by atoms with E-state index in [0.717, 1.165) is 0 Å². The summed E-state index contributed by atoms with van der Waals surface area (Å²) in [7, 11) is 0. The van der Waals surface area contributed by atoms with Gasteiger partial charge in [0.05, 0.1) is 0 Å². The Morgan fingerprint density at radius 1 is 0.299 bits per heavy atom. The van der Waals surface area contributed by atoms with E-state index in [4.69, 9.17) is 0 Å². The molecule has 0 saturated heterocycles. The lowest BCUT2D eigenvalue weighted by molar-refractivity contribution is 0.443. The van der Waals surface area contributed by atoms with Gasteiger partial charge in [-0.3, -0.25) is 0 Å². The molecule has 4 fully saturated rings. The van der Waals surface area contributed by atoms with Gasteiger partial charge in [0.25, 0.3) is 0 Å². The molecule has 77 heavy (non-hydrogen) atoms. The van der Waals surface area contributed by atoms with Crippen LogP contribution in [0.4, 0.5) is 34.1 Å². The molecule has 5 aliphatic rings. The lowest BCUT2D eigenvalue weighted by atomic mass is 9.77. The Morgan fingerprint density at radius 2 is 0.662 bits per heavy atom. The number of benzene rings is 9. The van der Waals surface area contributed by atoms with Gasteiger partial charge in [-0.05, 0) is 225 Å². The quantitative estimate of drug-likeness (QED) is 0.126. The van der Waals surface area contributed by atoms with Crippen LogP contribution in [0.15, 0.2) is 170 Å². The zero-order chi connectivity index (χ0) is 51.5. The molecule has 2 nitrogen and oxygen atoms in total. The molecule has 0 atom stereocenters. The molecule has 0 spiro atoms. The second kappa shape index (κ2) is 20.6. The van der Waals surface area contributed by atoms with Gasteiger partial charge in [-0.25, -0.2) is 0 Å². The van der Waals surface area contributed by atoms with Crippen LogP contribution in [0.25, 0.3) is 43.4 Å². The standard InChI is InChI=1S/C75H78N2/c1-75(2)73-66-47-44-64(76(60-36-27-55(28-37-60)51-17-7-3-8-18-51)61-38-29-56(30-39-61)52-19-9-4-10-20-52)49-59(66)35-46-70(73)72-68-26-16-15-25-67(68)71-50-65(45-48-69(71)74(72)75)77(62-40-31-57(32-41-62)53-21-11-5-12-22-53)63-42-33-58(34-43-63)54-23-13-6-14-24-54/h15-16,25-54H,3-14,17-24H2,1-2H3. The Kier molecular flexibility index (Phi) is 13.0. The summed E-state index contributed by atoms with van der Waals surface area (Å²) in [6.45, 7) is 4.99. The van der Waals surface area contributed by atoms with Gasteiger partial charge in [-0.2, -0.15) is 0 Å². The number of nitrogens with zero attached hydrogens (tertiary/aromatic N) is 2. The Morgan fingerprint density at radius 3 is 1.08 bits per heavy atom. The normalized spacial score (nSPS) is 18.4. The maximum absolute atomic E-state index is 2.53. The second-order valence-electron chi connectivity index (χ2n) is 24.9. The number of rotatable bonds is 10. The lowest BCUT2D eigenvalue weighted by Gasteiger charge is -2.29. The summed E-state index contributed by atoms with van der Waals surface area (Å²) < 4.78 is 0. The molecule has 0 unspecified atom stereocenters. The van der Waals surface area contributed by atoms with Gasteiger partial charge in [0.15, 0.2) is 0 Å². The first-order valence-electron chi connectivity index (χ1n) is 30.5. The largest absolute Gasteiger partial charge is 0.310 e. The molecule has 0 aromatic heterocycles. The summed E-state index contributed by atoms with van der Waals surface area (Å²) in [5.74, 6) is 2.73. The van der Waals surface area contributed by atoms with E-state index in [2.05, 4.69) is 194 Å². The molecular weight excluding hydrogens is 929 g/mol. The molecule has 4 saturated carbocycles. The molecule has 9 aromatic rings. The summed E-state index contributed by atoms with van der Waals surface area (Å²) in [5, 5.41) is 7.98. The van der Waals surface area contributed by atoms with Gasteiger partial charge >= 0.3 is 0 Å². The number of fused-ring (bicyclic) bond motifs is 10. The van der Waals surface area contributed by atoms with Crippen LogP contribution >= 0.6 is 0 Å². The molecule has 9 aromatic carbocycles. The van der Waals surface area contributed by atoms with Crippen molar-refractivity contribution in [3.8, 4) is 11.1 Å². The summed E-state index contributed by atoms with van der Waals surface area (Å²) >= 11 is 0. The van der Waals surface area contributed by atoms with E-state index in [0.29, 0.717) is 23.7 Å². The third kappa shape index (κ3) is 8.97. The molecule has 5 aliphatic carbocycles. The Balaban J connectivity index is 0.861. The van der Waals surface area contributed by atoms with E-state index < -0.39 is 0 Å². The summed E-state index contributed by atoms with van der Waals surface area (Å²) in [5.41, 5.74) is 18.8. The van der Waals surface area contributed by atoms with Gasteiger partial charge in [-0.15, -0.1) is 0 Å². The molecule has 0 heterocycles. The third-order valence-corrected chi connectivity index (χ3v) is 20.0. The molecule has 0 radical (unpaired) electrons. The summed E-state index contributed by atoms with van der Waals surface area (Å²) in [4.78, 5) is 5.04. The van der Waals surface area contributed by atoms with Crippen molar-refractivity contribution < 1.29 is 0 Å². The summed E-state index contributed by atoms with van der Waals surface area (Å²) in [6.07, 6.45) is 26.9. The number of hydrogen-bond donors (Lipinski definition) is 0. The maximum atomic E-state index is 2.53. The highest BCUT2D eigenvalue weighted by atomic mass is 15.1. The molecule has 388 valence electrons. The average molecular weight is 1010 g/mol. The average Bonchev–Trinajstić information content (AvgIpc) is 4.04. The van der Waals surface area contributed by atoms with Crippen molar-refractivity contribution >= 4 is 66.4 Å². The smallest absolute Gasteiger partial charge is 0.0468 e. The Bertz CT molecular complexity index is 3440. The second-order valence-corrected chi connectivity index (χ2v) is 24.9. The highest BCUT2D eigenvalue weighted by Gasteiger charge is 2.40. The van der Waals surface area contributed by atoms with Gasteiger partial charge < -0.3 is 9.80 Å². The van der Waals surface area contributed by atoms with E-state index in [1.165, 1.54) is 239 Å². The van der Waals surface area contributed by atoms with E-state index in [1.807, 2.05) is 0 Å². The minimum atomic E-state index is -0.247. The SMILES string of the molecule is CC1(C)c2c(ccc3cc(N(c4ccc(C5CCCCC5)cc4)c4ccc(C5CCCCC5)cc4)ccc23)-c2c1c1ccc(N(c3ccc(C4CCCCC4)cc3)c3ccc(C4CCCCC4)cc3)cc1c1ccccc21. The van der Waals surface area contributed by atoms with Gasteiger partial charge in [-0.1, -0.05) is 188 Å². The van der Waals surface area contributed by atoms with Gasteiger partial charge in [0.1, 0.15) is 0 Å². The van der Waals surface area contributed by atoms with E-state index in [-0.39, 0.29) is 5.41 Å². The van der Waals surface area contributed by atoms with Crippen molar-refractivity contribution in [2.24, 2.45) is 0 Å². The number of anilines is 6. The van der Waals surface area contributed by atoms with Crippen molar-refractivity contribution in [1.82, 2.24) is 0 Å². The van der Waals surface area contributed by atoms with Crippen LogP contribution in [0.2, 0.25) is 0 Å². The monoisotopic (exact) mass is 1010 g/mol. The van der Waals surface area contributed by atoms with Crippen molar-refractivity contribution in [2.75, 3.05) is 9.80 Å². The third-order valence-electron chi connectivity index (χ3n) is 20.0. The van der Waals surface area contributed by atoms with Crippen LogP contribution in [0.1, 0.15) is 199 Å². The fourth-order valence-electron chi connectivity index (χ4n) is 15.9. The molecule has 0 amide bonds. The first-order valence-corrected chi connectivity index (χ1v) is 30.5. The van der Waals surface area contributed by atoms with Crippen LogP contribution in [0.5, 0.6) is 0 Å². The van der Waals surface area contributed by atoms with E-state index in [1.54, 1.807) is 0 Å². The van der Waals surface area contributed by atoms with Crippen LogP contribution in [0, 0.1) is 0 Å². The lowest BCUT2D eigenvalue weighted by Crippen LogP contribution is -2.16. The van der Waals surface area contributed by atoms with Gasteiger partial charge in [0.2, 0.25) is 0 Å². The molecule has 14 rings (SSSR count). The summed E-state index contributed by atoms with van der Waals surface area (Å²) in [6, 6.07) is 67.6. The highest BCUT2D eigenvalue weighted by Crippen LogP contribution is 2.57. The Hall–Kier alpha value is -6.64. The van der Waals surface area contributed by atoms with Crippen molar-refractivity contribution in [2.45, 2.75) is 171 Å². The van der Waals surface area contributed by atoms with Crippen LogP contribution in [-0.2, 0) is 5.41 Å². The number of hydrogen-bond acceptors (Lipinski definition) is 2. The predicted octanol–water partition coefficient (Wildman–Crippen LogP) is 22.6. The van der Waals surface area contributed by atoms with Crippen molar-refractivity contribution in [3.63, 3.8) is 0 Å². The topological polar surface area (TPSA) is 6.48 Å². The van der Waals surface area contributed by atoms with Crippen LogP contribution in [0.3, 0.4) is 0 Å². The van der Waals surface area contributed by atoms with E-state index >= 15 is 0 Å². The zero-order valence-electron chi connectivity index (χ0n) is 46.0. The molecular formula is C75H78N2. The molecule has 0 aliphatic heterocycles. The zero-order valence-corrected chi connectivity index (χ0v) is 46.0. The fraction of sp³-hybridized carbons (Fsp3) is 0.360. The minimum absolute atomic E-state index is 0.247. The minimum Gasteiger partial charge on any atom is -0.310 e. The first-order chi connectivity index (χ1) is 37.9.